The highest BCUT2D eigenvalue weighted by atomic mass is 16.4. The van der Waals surface area contributed by atoms with E-state index in [-0.39, 0.29) is 52.9 Å². The van der Waals surface area contributed by atoms with Gasteiger partial charge >= 0.3 is 5.97 Å². The fraction of sp³-hybridized carbons (Fsp3) is 0.900. The molecule has 0 aromatic heterocycles. The average Bonchev–Trinajstić information content (AvgIpc) is 2.75. The van der Waals surface area contributed by atoms with E-state index in [1.165, 1.54) is 0 Å². The van der Waals surface area contributed by atoms with Crippen LogP contribution >= 0.6 is 0 Å². The quantitative estimate of drug-likeness (QED) is 0.353. The highest BCUT2D eigenvalue weighted by Gasteiger charge is 2.71. The maximum absolute atomic E-state index is 12.0. The van der Waals surface area contributed by atoms with Gasteiger partial charge in [-0.1, -0.05) is 53.7 Å². The van der Waals surface area contributed by atoms with Crippen molar-refractivity contribution in [2.75, 3.05) is 6.61 Å². The topological polar surface area (TPSA) is 118 Å². The van der Waals surface area contributed by atoms with Crippen molar-refractivity contribution in [2.24, 2.45) is 50.7 Å². The average molecular weight is 507 g/mol. The first kappa shape index (κ1) is 28.1. The van der Waals surface area contributed by atoms with Crippen LogP contribution in [0, 0.1) is 50.7 Å². The Morgan fingerprint density at radius 1 is 1.00 bits per heavy atom. The zero-order valence-electron chi connectivity index (χ0n) is 23.4. The molecule has 0 saturated heterocycles. The Bertz CT molecular complexity index is 911. The van der Waals surface area contributed by atoms with Crippen molar-refractivity contribution < 1.29 is 30.3 Å². The Kier molecular flexibility index (Phi) is 6.65. The van der Waals surface area contributed by atoms with Gasteiger partial charge in [0.05, 0.1) is 24.4 Å². The Morgan fingerprint density at radius 3 is 2.22 bits per heavy atom. The molecule has 6 heteroatoms. The second-order valence-electron chi connectivity index (χ2n) is 15.0. The summed E-state index contributed by atoms with van der Waals surface area (Å²) in [6.45, 7) is 14.5. The molecule has 5 N–H and O–H groups in total. The van der Waals surface area contributed by atoms with Crippen LogP contribution in [0.1, 0.15) is 93.4 Å². The third-order valence-electron chi connectivity index (χ3n) is 12.4. The first-order chi connectivity index (χ1) is 16.4. The monoisotopic (exact) mass is 506 g/mol. The lowest BCUT2D eigenvalue weighted by Gasteiger charge is -2.72. The molecule has 4 aliphatic carbocycles. The predicted octanol–water partition coefficient (Wildman–Crippen LogP) is 4.39. The van der Waals surface area contributed by atoms with Gasteiger partial charge < -0.3 is 25.5 Å². The smallest absolute Gasteiger partial charge is 0.303 e. The van der Waals surface area contributed by atoms with Crippen LogP contribution in [0.25, 0.3) is 0 Å². The van der Waals surface area contributed by atoms with Crippen molar-refractivity contribution in [1.29, 1.82) is 0 Å². The van der Waals surface area contributed by atoms with Crippen molar-refractivity contribution in [3.05, 3.63) is 12.2 Å². The van der Waals surface area contributed by atoms with Gasteiger partial charge in [-0.3, -0.25) is 4.79 Å². The summed E-state index contributed by atoms with van der Waals surface area (Å²) in [5, 5.41) is 54.2. The third-order valence-corrected chi connectivity index (χ3v) is 12.4. The van der Waals surface area contributed by atoms with Crippen LogP contribution in [0.15, 0.2) is 12.2 Å². The summed E-state index contributed by atoms with van der Waals surface area (Å²) < 4.78 is 0. The van der Waals surface area contributed by atoms with Gasteiger partial charge in [-0.2, -0.15) is 0 Å². The summed E-state index contributed by atoms with van der Waals surface area (Å²) in [5.74, 6) is -0.842. The molecule has 6 nitrogen and oxygen atoms in total. The fourth-order valence-corrected chi connectivity index (χ4v) is 10.1. The highest BCUT2D eigenvalue weighted by molar-refractivity contribution is 5.66. The Labute approximate surface area is 217 Å². The van der Waals surface area contributed by atoms with Crippen LogP contribution in [0.2, 0.25) is 0 Å². The molecule has 0 spiro atoms. The number of aliphatic carboxylic acids is 1. The zero-order chi connectivity index (χ0) is 27.1. The maximum atomic E-state index is 12.0. The lowest BCUT2D eigenvalue weighted by molar-refractivity contribution is -0.258. The lowest BCUT2D eigenvalue weighted by Crippen LogP contribution is -2.70. The molecule has 206 valence electrons. The minimum atomic E-state index is -1.32. The van der Waals surface area contributed by atoms with E-state index in [9.17, 15) is 30.3 Å². The number of rotatable bonds is 5. The van der Waals surface area contributed by atoms with Gasteiger partial charge in [0.1, 0.15) is 0 Å². The van der Waals surface area contributed by atoms with Gasteiger partial charge in [0.2, 0.25) is 0 Å². The van der Waals surface area contributed by atoms with E-state index >= 15 is 0 Å². The number of hydrogen-bond donors (Lipinski definition) is 5. The van der Waals surface area contributed by atoms with E-state index in [1.807, 2.05) is 0 Å². The van der Waals surface area contributed by atoms with Gasteiger partial charge in [0, 0.05) is 11.8 Å². The van der Waals surface area contributed by atoms with E-state index in [4.69, 9.17) is 0 Å². The predicted molar refractivity (Wildman–Crippen MR) is 139 cm³/mol. The number of carboxylic acid groups (broad SMARTS) is 1. The van der Waals surface area contributed by atoms with E-state index in [0.717, 1.165) is 19.3 Å². The first-order valence-corrected chi connectivity index (χ1v) is 14.0. The Morgan fingerprint density at radius 2 is 1.64 bits per heavy atom. The number of aliphatic hydroxyl groups excluding tert-OH is 3. The second-order valence-corrected chi connectivity index (χ2v) is 15.0. The van der Waals surface area contributed by atoms with Gasteiger partial charge in [-0.25, -0.2) is 0 Å². The van der Waals surface area contributed by atoms with Crippen LogP contribution in [0.5, 0.6) is 0 Å². The SMILES string of the molecule is CC1(C)CC(O)C2(C)CC(O)C3(C)C(C=CC4C(C)(CCC(=O)O)C(C(C)(O)CO)CCC43C)C2C1. The molecule has 0 aliphatic heterocycles. The number of allylic oxidation sites excluding steroid dienone is 2. The van der Waals surface area contributed by atoms with Crippen molar-refractivity contribution in [1.82, 2.24) is 0 Å². The number of aliphatic hydroxyl groups is 4. The molecule has 0 heterocycles. The van der Waals surface area contributed by atoms with E-state index in [0.29, 0.717) is 19.3 Å². The van der Waals surface area contributed by atoms with Crippen molar-refractivity contribution in [3.8, 4) is 0 Å². The molecule has 11 unspecified atom stereocenters. The fourth-order valence-electron chi connectivity index (χ4n) is 10.1. The minimum absolute atomic E-state index is 0.00129. The highest BCUT2D eigenvalue weighted by Crippen LogP contribution is 2.74. The third kappa shape index (κ3) is 3.76. The Balaban J connectivity index is 1.85. The van der Waals surface area contributed by atoms with Crippen LogP contribution < -0.4 is 0 Å². The molecule has 4 rings (SSSR count). The van der Waals surface area contributed by atoms with Crippen LogP contribution in [-0.4, -0.2) is 55.9 Å². The molecule has 0 radical (unpaired) electrons. The molecular formula is C30H50O6. The molecule has 0 amide bonds. The van der Waals surface area contributed by atoms with E-state index in [1.54, 1.807) is 6.92 Å². The maximum Gasteiger partial charge on any atom is 0.303 e. The van der Waals surface area contributed by atoms with Crippen LogP contribution in [0.3, 0.4) is 0 Å². The summed E-state index contributed by atoms with van der Waals surface area (Å²) in [4.78, 5) is 11.7. The number of carbonyl (C=O) groups is 1. The summed E-state index contributed by atoms with van der Waals surface area (Å²) in [6.07, 6.45) is 7.62. The molecule has 3 fully saturated rings. The Hall–Kier alpha value is -0.950. The molecule has 4 aliphatic rings. The zero-order valence-corrected chi connectivity index (χ0v) is 23.4. The molecule has 0 bridgehead atoms. The molecule has 11 atom stereocenters. The van der Waals surface area contributed by atoms with Crippen molar-refractivity contribution >= 4 is 5.97 Å². The molecule has 3 saturated carbocycles. The second kappa shape index (κ2) is 8.53. The van der Waals surface area contributed by atoms with E-state index < -0.39 is 34.6 Å². The van der Waals surface area contributed by atoms with Crippen molar-refractivity contribution in [3.63, 3.8) is 0 Å². The van der Waals surface area contributed by atoms with Crippen molar-refractivity contribution in [2.45, 2.75) is 111 Å². The first-order valence-electron chi connectivity index (χ1n) is 14.0. The van der Waals surface area contributed by atoms with Crippen LogP contribution in [0.4, 0.5) is 0 Å². The number of hydrogen-bond acceptors (Lipinski definition) is 5. The summed E-state index contributed by atoms with van der Waals surface area (Å²) in [6, 6.07) is 0. The lowest BCUT2D eigenvalue weighted by atomic mass is 9.33. The number of fused-ring (bicyclic) bond motifs is 5. The molecular weight excluding hydrogens is 456 g/mol. The van der Waals surface area contributed by atoms with Gasteiger partial charge in [-0.05, 0) is 90.8 Å². The largest absolute Gasteiger partial charge is 0.481 e. The normalized spacial score (nSPS) is 51.4. The van der Waals surface area contributed by atoms with Gasteiger partial charge in [0.15, 0.2) is 0 Å². The summed E-state index contributed by atoms with van der Waals surface area (Å²) in [5.41, 5.74) is -2.99. The summed E-state index contributed by atoms with van der Waals surface area (Å²) >= 11 is 0. The van der Waals surface area contributed by atoms with Crippen LogP contribution in [-0.2, 0) is 4.79 Å². The molecule has 0 aromatic rings. The minimum Gasteiger partial charge on any atom is -0.481 e. The summed E-state index contributed by atoms with van der Waals surface area (Å²) in [7, 11) is 0. The van der Waals surface area contributed by atoms with Gasteiger partial charge in [0.25, 0.3) is 0 Å². The standard InChI is InChI=1S/C30H50O6/c1-25(2)14-19-18-8-9-20-26(3,12-11-24(34)35)21(29(6,36)17-31)10-13-28(20,5)30(18,7)23(33)16-27(19,4)22(32)15-25/h8-9,18-23,31-33,36H,10-17H2,1-7H3,(H,34,35). The molecule has 36 heavy (non-hydrogen) atoms. The van der Waals surface area contributed by atoms with Gasteiger partial charge in [-0.15, -0.1) is 0 Å². The number of carboxylic acids is 1. The van der Waals surface area contributed by atoms with E-state index in [2.05, 4.69) is 53.7 Å². The molecule has 0 aromatic carbocycles.